The molecule has 3 aromatic rings. The standard InChI is InChI=1S/C26H30N2O3/c1-4-6-21-15-27-25(28-16-21)22-11-13-24(14-12-22)30-18-20-7-9-23(10-8-20)26(29)31-17-19(3)5-2/h7-16,19H,4-6,17-18H2,1-3H3. The third-order valence-electron chi connectivity index (χ3n) is 5.15. The minimum atomic E-state index is -0.284. The minimum absolute atomic E-state index is 0.284. The second-order valence-electron chi connectivity index (χ2n) is 7.79. The fraction of sp³-hybridized carbons (Fsp3) is 0.346. The van der Waals surface area contributed by atoms with Crippen molar-refractivity contribution in [3.63, 3.8) is 0 Å². The van der Waals surface area contributed by atoms with Crippen molar-refractivity contribution in [2.24, 2.45) is 5.92 Å². The number of hydrogen-bond donors (Lipinski definition) is 0. The molecule has 31 heavy (non-hydrogen) atoms. The molecule has 0 aliphatic carbocycles. The van der Waals surface area contributed by atoms with E-state index in [2.05, 4.69) is 30.7 Å². The number of nitrogens with zero attached hydrogens (tertiary/aromatic N) is 2. The van der Waals surface area contributed by atoms with Crippen molar-refractivity contribution >= 4 is 5.97 Å². The fourth-order valence-corrected chi connectivity index (χ4v) is 2.94. The highest BCUT2D eigenvalue weighted by Gasteiger charge is 2.09. The Balaban J connectivity index is 1.52. The first-order chi connectivity index (χ1) is 15.1. The molecule has 0 fully saturated rings. The predicted molar refractivity (Wildman–Crippen MR) is 122 cm³/mol. The van der Waals surface area contributed by atoms with E-state index in [0.29, 0.717) is 30.5 Å². The van der Waals surface area contributed by atoms with Crippen LogP contribution in [0.15, 0.2) is 60.9 Å². The van der Waals surface area contributed by atoms with Crippen molar-refractivity contribution < 1.29 is 14.3 Å². The first-order valence-corrected chi connectivity index (χ1v) is 10.9. The number of carbonyl (C=O) groups is 1. The molecule has 0 aliphatic rings. The van der Waals surface area contributed by atoms with E-state index in [-0.39, 0.29) is 5.97 Å². The van der Waals surface area contributed by atoms with Gasteiger partial charge in [0.05, 0.1) is 12.2 Å². The number of aryl methyl sites for hydroxylation is 1. The van der Waals surface area contributed by atoms with E-state index in [9.17, 15) is 4.79 Å². The Labute approximate surface area is 184 Å². The summed E-state index contributed by atoms with van der Waals surface area (Å²) < 4.78 is 11.2. The fourth-order valence-electron chi connectivity index (χ4n) is 2.94. The molecule has 0 aliphatic heterocycles. The number of esters is 1. The Morgan fingerprint density at radius 1 is 0.935 bits per heavy atom. The summed E-state index contributed by atoms with van der Waals surface area (Å²) in [5.41, 5.74) is 3.65. The van der Waals surface area contributed by atoms with Crippen molar-refractivity contribution in [3.05, 3.63) is 77.6 Å². The van der Waals surface area contributed by atoms with Gasteiger partial charge in [0, 0.05) is 18.0 Å². The second kappa shape index (κ2) is 11.3. The Hall–Kier alpha value is -3.21. The van der Waals surface area contributed by atoms with Crippen LogP contribution in [0.3, 0.4) is 0 Å². The van der Waals surface area contributed by atoms with Gasteiger partial charge in [0.25, 0.3) is 0 Å². The van der Waals surface area contributed by atoms with Gasteiger partial charge in [-0.3, -0.25) is 0 Å². The molecule has 5 heteroatoms. The molecule has 0 radical (unpaired) electrons. The minimum Gasteiger partial charge on any atom is -0.489 e. The summed E-state index contributed by atoms with van der Waals surface area (Å²) in [6, 6.07) is 15.1. The summed E-state index contributed by atoms with van der Waals surface area (Å²) in [6.45, 7) is 7.16. The van der Waals surface area contributed by atoms with Gasteiger partial charge in [-0.2, -0.15) is 0 Å². The van der Waals surface area contributed by atoms with Gasteiger partial charge in [-0.15, -0.1) is 0 Å². The molecule has 162 valence electrons. The Bertz CT molecular complexity index is 951. The summed E-state index contributed by atoms with van der Waals surface area (Å²) in [6.07, 6.45) is 6.84. The van der Waals surface area contributed by atoms with Gasteiger partial charge in [0.2, 0.25) is 0 Å². The molecule has 3 rings (SSSR count). The Kier molecular flexibility index (Phi) is 8.16. The largest absolute Gasteiger partial charge is 0.489 e. The molecule has 1 heterocycles. The highest BCUT2D eigenvalue weighted by Crippen LogP contribution is 2.20. The van der Waals surface area contributed by atoms with Gasteiger partial charge < -0.3 is 9.47 Å². The maximum atomic E-state index is 12.1. The summed E-state index contributed by atoms with van der Waals surface area (Å²) in [5, 5.41) is 0. The lowest BCUT2D eigenvalue weighted by atomic mass is 10.1. The van der Waals surface area contributed by atoms with Gasteiger partial charge in [0.15, 0.2) is 5.82 Å². The van der Waals surface area contributed by atoms with Crippen molar-refractivity contribution in [2.75, 3.05) is 6.61 Å². The smallest absolute Gasteiger partial charge is 0.338 e. The van der Waals surface area contributed by atoms with E-state index in [1.807, 2.05) is 48.8 Å². The van der Waals surface area contributed by atoms with Crippen LogP contribution in [-0.4, -0.2) is 22.5 Å². The third kappa shape index (κ3) is 6.64. The van der Waals surface area contributed by atoms with E-state index in [0.717, 1.165) is 41.7 Å². The van der Waals surface area contributed by atoms with Crippen LogP contribution in [0.5, 0.6) is 5.75 Å². The SMILES string of the molecule is CCCc1cnc(-c2ccc(OCc3ccc(C(=O)OCC(C)CC)cc3)cc2)nc1. The predicted octanol–water partition coefficient (Wildman–Crippen LogP) is 5.88. The number of aromatic nitrogens is 2. The van der Waals surface area contributed by atoms with Crippen LogP contribution >= 0.6 is 0 Å². The molecule has 1 unspecified atom stereocenters. The number of rotatable bonds is 10. The molecular formula is C26H30N2O3. The van der Waals surface area contributed by atoms with Gasteiger partial charge in [-0.25, -0.2) is 14.8 Å². The molecule has 1 atom stereocenters. The lowest BCUT2D eigenvalue weighted by molar-refractivity contribution is 0.0447. The molecule has 0 saturated carbocycles. The van der Waals surface area contributed by atoms with Crippen molar-refractivity contribution in [2.45, 2.75) is 46.6 Å². The summed E-state index contributed by atoms with van der Waals surface area (Å²) in [7, 11) is 0. The summed E-state index contributed by atoms with van der Waals surface area (Å²) >= 11 is 0. The average Bonchev–Trinajstić information content (AvgIpc) is 2.82. The van der Waals surface area contributed by atoms with E-state index in [1.165, 1.54) is 0 Å². The maximum Gasteiger partial charge on any atom is 0.338 e. The maximum absolute atomic E-state index is 12.1. The number of benzene rings is 2. The zero-order valence-corrected chi connectivity index (χ0v) is 18.5. The topological polar surface area (TPSA) is 61.3 Å². The Morgan fingerprint density at radius 2 is 1.61 bits per heavy atom. The van der Waals surface area contributed by atoms with Gasteiger partial charge >= 0.3 is 5.97 Å². The zero-order valence-electron chi connectivity index (χ0n) is 18.5. The number of carbonyl (C=O) groups excluding carboxylic acids is 1. The number of hydrogen-bond acceptors (Lipinski definition) is 5. The lowest BCUT2D eigenvalue weighted by Crippen LogP contribution is -2.11. The van der Waals surface area contributed by atoms with Gasteiger partial charge in [-0.1, -0.05) is 45.7 Å². The normalized spacial score (nSPS) is 11.7. The summed E-state index contributed by atoms with van der Waals surface area (Å²) in [4.78, 5) is 21.0. The number of ether oxygens (including phenoxy) is 2. The van der Waals surface area contributed by atoms with Crippen molar-refractivity contribution in [3.8, 4) is 17.1 Å². The zero-order chi connectivity index (χ0) is 22.1. The molecule has 0 saturated heterocycles. The molecule has 2 aromatic carbocycles. The van der Waals surface area contributed by atoms with Gasteiger partial charge in [0.1, 0.15) is 12.4 Å². The summed E-state index contributed by atoms with van der Waals surface area (Å²) in [5.74, 6) is 1.56. The van der Waals surface area contributed by atoms with Crippen LogP contribution in [-0.2, 0) is 17.8 Å². The van der Waals surface area contributed by atoms with E-state index in [4.69, 9.17) is 9.47 Å². The molecule has 0 bridgehead atoms. The molecule has 0 amide bonds. The van der Waals surface area contributed by atoms with Crippen molar-refractivity contribution in [1.29, 1.82) is 0 Å². The van der Waals surface area contributed by atoms with Crippen LogP contribution in [0, 0.1) is 5.92 Å². The molecule has 0 spiro atoms. The van der Waals surface area contributed by atoms with E-state index in [1.54, 1.807) is 12.1 Å². The van der Waals surface area contributed by atoms with Crippen LogP contribution in [0.1, 0.15) is 55.1 Å². The first-order valence-electron chi connectivity index (χ1n) is 10.9. The quantitative estimate of drug-likeness (QED) is 0.385. The van der Waals surface area contributed by atoms with Crippen LogP contribution in [0.4, 0.5) is 0 Å². The second-order valence-corrected chi connectivity index (χ2v) is 7.79. The highest BCUT2D eigenvalue weighted by atomic mass is 16.5. The van der Waals surface area contributed by atoms with E-state index >= 15 is 0 Å². The average molecular weight is 419 g/mol. The molecular weight excluding hydrogens is 388 g/mol. The monoisotopic (exact) mass is 418 g/mol. The van der Waals surface area contributed by atoms with Crippen molar-refractivity contribution in [1.82, 2.24) is 9.97 Å². The highest BCUT2D eigenvalue weighted by molar-refractivity contribution is 5.89. The lowest BCUT2D eigenvalue weighted by Gasteiger charge is -2.10. The first kappa shape index (κ1) is 22.5. The third-order valence-corrected chi connectivity index (χ3v) is 5.15. The van der Waals surface area contributed by atoms with Crippen LogP contribution in [0.25, 0.3) is 11.4 Å². The van der Waals surface area contributed by atoms with E-state index < -0.39 is 0 Å². The van der Waals surface area contributed by atoms with Gasteiger partial charge in [-0.05, 0) is 59.9 Å². The molecule has 0 N–H and O–H groups in total. The van der Waals surface area contributed by atoms with Crippen LogP contribution in [0.2, 0.25) is 0 Å². The molecule has 1 aromatic heterocycles. The van der Waals surface area contributed by atoms with Crippen LogP contribution < -0.4 is 4.74 Å². The molecule has 5 nitrogen and oxygen atoms in total. The Morgan fingerprint density at radius 3 is 2.23 bits per heavy atom.